The van der Waals surface area contributed by atoms with Gasteiger partial charge in [0.1, 0.15) is 18.0 Å². The van der Waals surface area contributed by atoms with Gasteiger partial charge in [-0.3, -0.25) is 4.79 Å². The normalized spacial score (nSPS) is 21.1. The molecule has 0 spiro atoms. The van der Waals surface area contributed by atoms with Gasteiger partial charge in [-0.15, -0.1) is 0 Å². The van der Waals surface area contributed by atoms with Crippen LogP contribution >= 0.6 is 0 Å². The quantitative estimate of drug-likeness (QED) is 0.785. The van der Waals surface area contributed by atoms with E-state index in [1.165, 1.54) is 0 Å². The molecule has 20 heavy (non-hydrogen) atoms. The minimum absolute atomic E-state index is 0.0456. The topological polar surface area (TPSA) is 48.7 Å². The maximum Gasteiger partial charge on any atom is 0.312 e. The first kappa shape index (κ1) is 13.2. The van der Waals surface area contributed by atoms with Crippen molar-refractivity contribution in [3.63, 3.8) is 0 Å². The van der Waals surface area contributed by atoms with Crippen molar-refractivity contribution >= 4 is 16.9 Å². The van der Waals surface area contributed by atoms with Crippen molar-refractivity contribution in [2.45, 2.75) is 33.0 Å². The standard InChI is InChI=1S/C16H18O4/c1-3-18-14-8-12(14)16(17)19-9-15-10(2)11-6-4-5-7-13(11)20-15/h4-7,12,14H,3,8-9H2,1-2H3. The lowest BCUT2D eigenvalue weighted by Gasteiger charge is -2.03. The van der Waals surface area contributed by atoms with E-state index in [9.17, 15) is 4.79 Å². The molecular weight excluding hydrogens is 256 g/mol. The zero-order valence-corrected chi connectivity index (χ0v) is 11.7. The number of esters is 1. The summed E-state index contributed by atoms with van der Waals surface area (Å²) in [6.07, 6.45) is 0.815. The zero-order valence-electron chi connectivity index (χ0n) is 11.7. The Hall–Kier alpha value is -1.81. The number of benzene rings is 1. The summed E-state index contributed by atoms with van der Waals surface area (Å²) in [6.45, 7) is 4.74. The monoisotopic (exact) mass is 274 g/mol. The van der Waals surface area contributed by atoms with Gasteiger partial charge in [0.15, 0.2) is 0 Å². The summed E-state index contributed by atoms with van der Waals surface area (Å²) in [7, 11) is 0. The molecule has 1 saturated carbocycles. The molecule has 1 aliphatic carbocycles. The van der Waals surface area contributed by atoms with E-state index in [2.05, 4.69) is 0 Å². The molecule has 0 bridgehead atoms. The summed E-state index contributed by atoms with van der Waals surface area (Å²) in [6, 6.07) is 7.82. The summed E-state index contributed by atoms with van der Waals surface area (Å²) >= 11 is 0. The molecule has 1 fully saturated rings. The lowest BCUT2D eigenvalue weighted by Crippen LogP contribution is -2.11. The van der Waals surface area contributed by atoms with Crippen LogP contribution in [-0.2, 0) is 20.9 Å². The van der Waals surface area contributed by atoms with Crippen LogP contribution in [0.4, 0.5) is 0 Å². The van der Waals surface area contributed by atoms with Gasteiger partial charge in [0.25, 0.3) is 0 Å². The summed E-state index contributed by atoms with van der Waals surface area (Å²) in [5, 5.41) is 1.07. The number of para-hydroxylation sites is 1. The van der Waals surface area contributed by atoms with Gasteiger partial charge in [-0.25, -0.2) is 0 Å². The van der Waals surface area contributed by atoms with Crippen molar-refractivity contribution in [2.24, 2.45) is 5.92 Å². The Morgan fingerprint density at radius 1 is 1.40 bits per heavy atom. The smallest absolute Gasteiger partial charge is 0.312 e. The Morgan fingerprint density at radius 2 is 2.20 bits per heavy atom. The number of rotatable bonds is 5. The summed E-state index contributed by atoms with van der Waals surface area (Å²) in [4.78, 5) is 11.8. The highest BCUT2D eigenvalue weighted by Gasteiger charge is 2.45. The molecule has 2 atom stereocenters. The Bertz CT molecular complexity index is 628. The van der Waals surface area contributed by atoms with Gasteiger partial charge in [-0.2, -0.15) is 0 Å². The Kier molecular flexibility index (Phi) is 3.49. The number of hydrogen-bond acceptors (Lipinski definition) is 4. The Morgan fingerprint density at radius 3 is 2.95 bits per heavy atom. The van der Waals surface area contributed by atoms with Crippen LogP contribution in [0.25, 0.3) is 11.0 Å². The maximum atomic E-state index is 11.8. The molecule has 1 aromatic heterocycles. The number of hydrogen-bond donors (Lipinski definition) is 0. The van der Waals surface area contributed by atoms with Gasteiger partial charge in [0.05, 0.1) is 12.0 Å². The molecule has 0 N–H and O–H groups in total. The average molecular weight is 274 g/mol. The highest BCUT2D eigenvalue weighted by atomic mass is 16.5. The number of furan rings is 1. The minimum atomic E-state index is -0.191. The third-order valence-corrected chi connectivity index (χ3v) is 3.70. The Labute approximate surface area is 117 Å². The number of carbonyl (C=O) groups is 1. The predicted molar refractivity (Wildman–Crippen MR) is 74.3 cm³/mol. The number of fused-ring (bicyclic) bond motifs is 1. The lowest BCUT2D eigenvalue weighted by atomic mass is 10.1. The molecule has 2 aromatic rings. The van der Waals surface area contributed by atoms with Gasteiger partial charge in [0.2, 0.25) is 0 Å². The molecular formula is C16H18O4. The van der Waals surface area contributed by atoms with Crippen LogP contribution in [0.5, 0.6) is 0 Å². The third-order valence-electron chi connectivity index (χ3n) is 3.70. The minimum Gasteiger partial charge on any atom is -0.457 e. The highest BCUT2D eigenvalue weighted by molar-refractivity contribution is 5.82. The molecule has 4 nitrogen and oxygen atoms in total. The first-order valence-electron chi connectivity index (χ1n) is 6.96. The maximum absolute atomic E-state index is 11.8. The van der Waals surface area contributed by atoms with Crippen LogP contribution in [0, 0.1) is 12.8 Å². The van der Waals surface area contributed by atoms with Crippen LogP contribution in [0.1, 0.15) is 24.7 Å². The van der Waals surface area contributed by atoms with Crippen molar-refractivity contribution in [2.75, 3.05) is 6.61 Å². The largest absolute Gasteiger partial charge is 0.457 e. The van der Waals surface area contributed by atoms with Gasteiger partial charge in [-0.1, -0.05) is 18.2 Å². The van der Waals surface area contributed by atoms with E-state index in [1.807, 2.05) is 38.1 Å². The molecule has 2 unspecified atom stereocenters. The molecule has 4 heteroatoms. The highest BCUT2D eigenvalue weighted by Crippen LogP contribution is 2.35. The average Bonchev–Trinajstić information content (AvgIpc) is 3.15. The van der Waals surface area contributed by atoms with Crippen molar-refractivity contribution in [1.29, 1.82) is 0 Å². The summed E-state index contributed by atoms with van der Waals surface area (Å²) in [5.74, 6) is 0.427. The van der Waals surface area contributed by atoms with E-state index in [1.54, 1.807) is 0 Å². The van der Waals surface area contributed by atoms with Gasteiger partial charge in [-0.05, 0) is 26.3 Å². The predicted octanol–water partition coefficient (Wildman–Crippen LogP) is 3.21. The van der Waals surface area contributed by atoms with Gasteiger partial charge < -0.3 is 13.9 Å². The van der Waals surface area contributed by atoms with Crippen LogP contribution in [0.15, 0.2) is 28.7 Å². The third kappa shape index (κ3) is 2.43. The first-order chi connectivity index (χ1) is 9.70. The molecule has 0 radical (unpaired) electrons. The van der Waals surface area contributed by atoms with Crippen molar-refractivity contribution in [1.82, 2.24) is 0 Å². The number of ether oxygens (including phenoxy) is 2. The molecule has 1 heterocycles. The second-order valence-electron chi connectivity index (χ2n) is 5.09. The lowest BCUT2D eigenvalue weighted by molar-refractivity contribution is -0.148. The SMILES string of the molecule is CCOC1CC1C(=O)OCc1oc2ccccc2c1C. The van der Waals surface area contributed by atoms with E-state index in [4.69, 9.17) is 13.9 Å². The van der Waals surface area contributed by atoms with Crippen LogP contribution in [0.3, 0.4) is 0 Å². The molecule has 0 amide bonds. The molecule has 106 valence electrons. The van der Waals surface area contributed by atoms with Crippen molar-refractivity contribution in [3.05, 3.63) is 35.6 Å². The van der Waals surface area contributed by atoms with Crippen molar-refractivity contribution in [3.8, 4) is 0 Å². The van der Waals surface area contributed by atoms with Crippen LogP contribution in [0.2, 0.25) is 0 Å². The zero-order chi connectivity index (χ0) is 14.1. The second-order valence-corrected chi connectivity index (χ2v) is 5.09. The fourth-order valence-corrected chi connectivity index (χ4v) is 2.42. The number of carbonyl (C=O) groups excluding carboxylic acids is 1. The molecule has 3 rings (SSSR count). The van der Waals surface area contributed by atoms with E-state index < -0.39 is 0 Å². The van der Waals surface area contributed by atoms with E-state index in [0.717, 1.165) is 23.0 Å². The molecule has 1 aromatic carbocycles. The van der Waals surface area contributed by atoms with Crippen molar-refractivity contribution < 1.29 is 18.7 Å². The molecule has 1 aliphatic rings. The first-order valence-corrected chi connectivity index (χ1v) is 6.96. The van der Waals surface area contributed by atoms with Crippen LogP contribution in [-0.4, -0.2) is 18.7 Å². The summed E-state index contributed by atoms with van der Waals surface area (Å²) < 4.78 is 16.4. The number of aryl methyl sites for hydroxylation is 1. The molecule has 0 saturated heterocycles. The van der Waals surface area contributed by atoms with Crippen LogP contribution < -0.4 is 0 Å². The van der Waals surface area contributed by atoms with E-state index in [-0.39, 0.29) is 24.6 Å². The van der Waals surface area contributed by atoms with Gasteiger partial charge in [0, 0.05) is 17.6 Å². The fraction of sp³-hybridized carbons (Fsp3) is 0.438. The van der Waals surface area contributed by atoms with E-state index >= 15 is 0 Å². The Balaban J connectivity index is 1.63. The van der Waals surface area contributed by atoms with Gasteiger partial charge >= 0.3 is 5.97 Å². The molecule has 0 aliphatic heterocycles. The summed E-state index contributed by atoms with van der Waals surface area (Å²) in [5.41, 5.74) is 1.86. The second kappa shape index (κ2) is 5.29. The fourth-order valence-electron chi connectivity index (χ4n) is 2.42. The van der Waals surface area contributed by atoms with E-state index in [0.29, 0.717) is 12.4 Å².